The molecule has 0 unspecified atom stereocenters. The molecule has 0 amide bonds. The number of thiophene rings is 1. The van der Waals surface area contributed by atoms with Crippen molar-refractivity contribution in [3.63, 3.8) is 0 Å². The first-order valence-corrected chi connectivity index (χ1v) is 6.50. The number of thioether (sulfide) groups is 1. The average molecular weight is 208 g/mol. The van der Waals surface area contributed by atoms with Crippen molar-refractivity contribution in [2.75, 3.05) is 6.26 Å². The maximum absolute atomic E-state index is 2.23. The molecule has 1 aromatic carbocycles. The fourth-order valence-corrected chi connectivity index (χ4v) is 3.38. The van der Waals surface area contributed by atoms with E-state index in [0.717, 1.165) is 5.75 Å². The Hall–Kier alpha value is -0.470. The molecule has 0 spiro atoms. The van der Waals surface area contributed by atoms with Gasteiger partial charge in [-0.25, -0.2) is 0 Å². The maximum Gasteiger partial charge on any atom is 0.0348 e. The van der Waals surface area contributed by atoms with Crippen molar-refractivity contribution in [3.8, 4) is 0 Å². The molecule has 0 saturated carbocycles. The first kappa shape index (κ1) is 9.10. The van der Waals surface area contributed by atoms with Gasteiger partial charge in [0, 0.05) is 15.3 Å². The van der Waals surface area contributed by atoms with Crippen LogP contribution in [0.15, 0.2) is 24.3 Å². The summed E-state index contributed by atoms with van der Waals surface area (Å²) < 4.78 is 1.42. The number of rotatable bonds is 2. The van der Waals surface area contributed by atoms with E-state index in [0.29, 0.717) is 0 Å². The lowest BCUT2D eigenvalue weighted by atomic mass is 10.1. The second-order valence-electron chi connectivity index (χ2n) is 3.07. The van der Waals surface area contributed by atoms with E-state index in [1.165, 1.54) is 20.5 Å². The van der Waals surface area contributed by atoms with E-state index in [4.69, 9.17) is 0 Å². The van der Waals surface area contributed by atoms with Gasteiger partial charge in [-0.2, -0.15) is 11.8 Å². The van der Waals surface area contributed by atoms with Crippen molar-refractivity contribution in [3.05, 3.63) is 34.7 Å². The predicted octanol–water partition coefficient (Wildman–Crippen LogP) is 4.07. The molecule has 2 aromatic rings. The summed E-state index contributed by atoms with van der Waals surface area (Å²) in [6.07, 6.45) is 2.16. The van der Waals surface area contributed by atoms with E-state index in [-0.39, 0.29) is 0 Å². The predicted molar refractivity (Wildman–Crippen MR) is 63.8 cm³/mol. The highest BCUT2D eigenvalue weighted by Gasteiger charge is 2.06. The smallest absolute Gasteiger partial charge is 0.0348 e. The largest absolute Gasteiger partial charge is 0.161 e. The fraction of sp³-hybridized carbons (Fsp3) is 0.273. The molecule has 0 atom stereocenters. The zero-order valence-corrected chi connectivity index (χ0v) is 9.47. The second-order valence-corrected chi connectivity index (χ2v) is 5.19. The number of hydrogen-bond donors (Lipinski definition) is 0. The first-order valence-electron chi connectivity index (χ1n) is 4.29. The molecule has 68 valence electrons. The first-order chi connectivity index (χ1) is 6.33. The third-order valence-corrected chi connectivity index (χ3v) is 3.89. The van der Waals surface area contributed by atoms with Crippen molar-refractivity contribution in [2.45, 2.75) is 12.7 Å². The molecule has 0 saturated heterocycles. The van der Waals surface area contributed by atoms with Gasteiger partial charge >= 0.3 is 0 Å². The van der Waals surface area contributed by atoms with Crippen molar-refractivity contribution < 1.29 is 0 Å². The van der Waals surface area contributed by atoms with Crippen LogP contribution in [0.25, 0.3) is 10.1 Å². The molecule has 0 radical (unpaired) electrons. The quantitative estimate of drug-likeness (QED) is 0.717. The van der Waals surface area contributed by atoms with Gasteiger partial charge in [0.25, 0.3) is 0 Å². The summed E-state index contributed by atoms with van der Waals surface area (Å²) in [7, 11) is 0. The number of fused-ring (bicyclic) bond motifs is 1. The molecule has 0 nitrogen and oxygen atoms in total. The van der Waals surface area contributed by atoms with Crippen LogP contribution in [0, 0.1) is 6.92 Å². The maximum atomic E-state index is 2.23. The van der Waals surface area contributed by atoms with Crippen molar-refractivity contribution in [2.24, 2.45) is 0 Å². The molecule has 0 fully saturated rings. The fourth-order valence-electron chi connectivity index (χ4n) is 1.54. The Balaban J connectivity index is 2.64. The van der Waals surface area contributed by atoms with E-state index in [9.17, 15) is 0 Å². The monoisotopic (exact) mass is 208 g/mol. The van der Waals surface area contributed by atoms with Crippen LogP contribution in [0.2, 0.25) is 0 Å². The molecule has 0 aliphatic rings. The summed E-state index contributed by atoms with van der Waals surface area (Å²) in [4.78, 5) is 1.47. The lowest BCUT2D eigenvalue weighted by Crippen LogP contribution is -1.78. The van der Waals surface area contributed by atoms with Crippen molar-refractivity contribution >= 4 is 33.2 Å². The van der Waals surface area contributed by atoms with Gasteiger partial charge in [-0.3, -0.25) is 0 Å². The van der Waals surface area contributed by atoms with Gasteiger partial charge < -0.3 is 0 Å². The van der Waals surface area contributed by atoms with E-state index in [1.807, 2.05) is 23.1 Å². The van der Waals surface area contributed by atoms with Gasteiger partial charge in [0.1, 0.15) is 0 Å². The Morgan fingerprint density at radius 3 is 2.85 bits per heavy atom. The lowest BCUT2D eigenvalue weighted by molar-refractivity contribution is 1.42. The van der Waals surface area contributed by atoms with Crippen LogP contribution >= 0.6 is 23.1 Å². The molecule has 0 bridgehead atoms. The van der Waals surface area contributed by atoms with Crippen LogP contribution in [0.4, 0.5) is 0 Å². The SMILES string of the molecule is CSCc1c(C)sc2ccccc12. The summed E-state index contributed by atoms with van der Waals surface area (Å²) in [5.74, 6) is 1.13. The van der Waals surface area contributed by atoms with Crippen LogP contribution in [-0.2, 0) is 5.75 Å². The minimum Gasteiger partial charge on any atom is -0.161 e. The van der Waals surface area contributed by atoms with Gasteiger partial charge in [-0.05, 0) is 30.2 Å². The highest BCUT2D eigenvalue weighted by Crippen LogP contribution is 2.32. The molecule has 13 heavy (non-hydrogen) atoms. The summed E-state index contributed by atoms with van der Waals surface area (Å²) in [6, 6.07) is 8.67. The molecule has 0 N–H and O–H groups in total. The second kappa shape index (κ2) is 3.72. The van der Waals surface area contributed by atoms with Crippen LogP contribution in [0.3, 0.4) is 0 Å². The third-order valence-electron chi connectivity index (χ3n) is 2.19. The van der Waals surface area contributed by atoms with E-state index in [1.54, 1.807) is 0 Å². The van der Waals surface area contributed by atoms with E-state index < -0.39 is 0 Å². The molecule has 2 heteroatoms. The molecule has 0 aliphatic heterocycles. The molecule has 0 aliphatic carbocycles. The van der Waals surface area contributed by atoms with Gasteiger partial charge in [0.05, 0.1) is 0 Å². The topological polar surface area (TPSA) is 0 Å². The zero-order valence-electron chi connectivity index (χ0n) is 7.83. The summed E-state index contributed by atoms with van der Waals surface area (Å²) in [5, 5.41) is 1.44. The normalized spacial score (nSPS) is 10.9. The zero-order chi connectivity index (χ0) is 9.26. The third kappa shape index (κ3) is 1.61. The minimum atomic E-state index is 1.13. The Morgan fingerprint density at radius 2 is 2.08 bits per heavy atom. The van der Waals surface area contributed by atoms with Gasteiger partial charge in [-0.1, -0.05) is 18.2 Å². The van der Waals surface area contributed by atoms with Crippen LogP contribution in [0.5, 0.6) is 0 Å². The molecule has 1 aromatic heterocycles. The highest BCUT2D eigenvalue weighted by atomic mass is 32.2. The van der Waals surface area contributed by atoms with Gasteiger partial charge in [0.2, 0.25) is 0 Å². The van der Waals surface area contributed by atoms with Crippen molar-refractivity contribution in [1.82, 2.24) is 0 Å². The summed E-state index contributed by atoms with van der Waals surface area (Å²) >= 11 is 3.80. The van der Waals surface area contributed by atoms with Crippen LogP contribution in [0.1, 0.15) is 10.4 Å². The van der Waals surface area contributed by atoms with E-state index >= 15 is 0 Å². The van der Waals surface area contributed by atoms with Crippen LogP contribution in [-0.4, -0.2) is 6.26 Å². The Kier molecular flexibility index (Phi) is 2.61. The number of hydrogen-bond acceptors (Lipinski definition) is 2. The Bertz CT molecular complexity index is 415. The van der Waals surface area contributed by atoms with Gasteiger partial charge in [-0.15, -0.1) is 11.3 Å². The molecule has 1 heterocycles. The molecular formula is C11H12S2. The van der Waals surface area contributed by atoms with Gasteiger partial charge in [0.15, 0.2) is 0 Å². The molecular weight excluding hydrogens is 196 g/mol. The van der Waals surface area contributed by atoms with Crippen molar-refractivity contribution in [1.29, 1.82) is 0 Å². The summed E-state index contributed by atoms with van der Waals surface area (Å²) in [5.41, 5.74) is 1.52. The number of benzene rings is 1. The van der Waals surface area contributed by atoms with Crippen LogP contribution < -0.4 is 0 Å². The van der Waals surface area contributed by atoms with E-state index in [2.05, 4.69) is 37.4 Å². The average Bonchev–Trinajstić information content (AvgIpc) is 2.44. The Labute approximate surface area is 87.0 Å². The number of aryl methyl sites for hydroxylation is 1. The minimum absolute atomic E-state index is 1.13. The lowest BCUT2D eigenvalue weighted by Gasteiger charge is -1.97. The summed E-state index contributed by atoms with van der Waals surface area (Å²) in [6.45, 7) is 2.22. The Morgan fingerprint density at radius 1 is 1.31 bits per heavy atom. The molecule has 2 rings (SSSR count). The standard InChI is InChI=1S/C11H12S2/c1-8-10(7-12-2)9-5-3-4-6-11(9)13-8/h3-6H,7H2,1-2H3. The highest BCUT2D eigenvalue weighted by molar-refractivity contribution is 7.97.